The van der Waals surface area contributed by atoms with Crippen LogP contribution in [0.3, 0.4) is 0 Å². The van der Waals surface area contributed by atoms with Crippen molar-refractivity contribution in [1.29, 1.82) is 0 Å². The number of aromatic nitrogens is 1. The highest BCUT2D eigenvalue weighted by atomic mass is 32.2. The fraction of sp³-hybridized carbons (Fsp3) is 0.273. The number of hydrogen-bond acceptors (Lipinski definition) is 7. The molecule has 32 heavy (non-hydrogen) atoms. The zero-order chi connectivity index (χ0) is 22.4. The van der Waals surface area contributed by atoms with E-state index in [0.717, 1.165) is 24.3 Å². The van der Waals surface area contributed by atoms with Crippen LogP contribution >= 0.6 is 11.3 Å². The Bertz CT molecular complexity index is 1140. The molecule has 0 saturated carbocycles. The minimum Gasteiger partial charge on any atom is -0.379 e. The Morgan fingerprint density at radius 2 is 1.78 bits per heavy atom. The molecule has 1 amide bonds. The standard InChI is InChI=1S/C22H24N4O4S2/c27-21(25-22-24-20(16-31-22)17-4-2-1-3-5-17)18-6-8-19(9-7-18)32(28,29)23-10-11-26-12-14-30-15-13-26/h1-9,16,23H,10-15H2,(H,24,25,27). The molecule has 168 valence electrons. The lowest BCUT2D eigenvalue weighted by Crippen LogP contribution is -2.41. The Kier molecular flexibility index (Phi) is 7.28. The Morgan fingerprint density at radius 1 is 1.06 bits per heavy atom. The van der Waals surface area contributed by atoms with Crippen molar-refractivity contribution in [2.75, 3.05) is 44.7 Å². The molecule has 1 aliphatic rings. The van der Waals surface area contributed by atoms with E-state index < -0.39 is 10.0 Å². The molecule has 2 heterocycles. The van der Waals surface area contributed by atoms with Crippen LogP contribution < -0.4 is 10.0 Å². The van der Waals surface area contributed by atoms with Crippen molar-refractivity contribution >= 4 is 32.4 Å². The van der Waals surface area contributed by atoms with E-state index in [2.05, 4.69) is 19.9 Å². The summed E-state index contributed by atoms with van der Waals surface area (Å²) in [7, 11) is -3.64. The fourth-order valence-corrected chi connectivity index (χ4v) is 5.01. The van der Waals surface area contributed by atoms with Crippen molar-refractivity contribution in [1.82, 2.24) is 14.6 Å². The molecule has 2 aromatic carbocycles. The van der Waals surface area contributed by atoms with Gasteiger partial charge >= 0.3 is 0 Å². The van der Waals surface area contributed by atoms with Crippen LogP contribution in [0, 0.1) is 0 Å². The number of ether oxygens (including phenoxy) is 1. The molecule has 0 radical (unpaired) electrons. The van der Waals surface area contributed by atoms with Crippen LogP contribution in [0.2, 0.25) is 0 Å². The summed E-state index contributed by atoms with van der Waals surface area (Å²) in [5.74, 6) is -0.344. The molecular formula is C22H24N4O4S2. The number of amides is 1. The Morgan fingerprint density at radius 3 is 2.50 bits per heavy atom. The molecule has 1 aliphatic heterocycles. The van der Waals surface area contributed by atoms with Crippen molar-refractivity contribution in [3.05, 3.63) is 65.5 Å². The molecule has 8 nitrogen and oxygen atoms in total. The molecule has 0 atom stereocenters. The Labute approximate surface area is 191 Å². The van der Waals surface area contributed by atoms with Crippen LogP contribution in [0.5, 0.6) is 0 Å². The summed E-state index contributed by atoms with van der Waals surface area (Å²) in [6, 6.07) is 15.6. The van der Waals surface area contributed by atoms with Crippen LogP contribution in [0.15, 0.2) is 64.9 Å². The molecule has 1 fully saturated rings. The molecule has 0 unspecified atom stereocenters. The predicted molar refractivity (Wildman–Crippen MR) is 124 cm³/mol. The second-order valence-corrected chi connectivity index (χ2v) is 9.86. The van der Waals surface area contributed by atoms with Crippen LogP contribution in [0.4, 0.5) is 5.13 Å². The predicted octanol–water partition coefficient (Wildman–Crippen LogP) is 2.67. The van der Waals surface area contributed by atoms with Crippen molar-refractivity contribution in [3.63, 3.8) is 0 Å². The van der Waals surface area contributed by atoms with E-state index in [-0.39, 0.29) is 10.8 Å². The number of anilines is 1. The van der Waals surface area contributed by atoms with E-state index in [1.165, 1.54) is 35.6 Å². The van der Waals surface area contributed by atoms with Gasteiger partial charge in [0.15, 0.2) is 5.13 Å². The maximum atomic E-state index is 12.5. The van der Waals surface area contributed by atoms with Gasteiger partial charge in [0.2, 0.25) is 10.0 Å². The third kappa shape index (κ3) is 5.78. The SMILES string of the molecule is O=C(Nc1nc(-c2ccccc2)cs1)c1ccc(S(=O)(=O)NCCN2CCOCC2)cc1. The van der Waals surface area contributed by atoms with Gasteiger partial charge in [-0.3, -0.25) is 15.0 Å². The molecular weight excluding hydrogens is 448 g/mol. The second-order valence-electron chi connectivity index (χ2n) is 7.23. The molecule has 1 saturated heterocycles. The Hall–Kier alpha value is -2.63. The fourth-order valence-electron chi connectivity index (χ4n) is 3.27. The minimum absolute atomic E-state index is 0.122. The number of benzene rings is 2. The molecule has 0 bridgehead atoms. The van der Waals surface area contributed by atoms with Crippen molar-refractivity contribution in [3.8, 4) is 11.3 Å². The third-order valence-electron chi connectivity index (χ3n) is 5.04. The van der Waals surface area contributed by atoms with E-state index in [1.807, 2.05) is 35.7 Å². The number of sulfonamides is 1. The lowest BCUT2D eigenvalue weighted by atomic mass is 10.2. The van der Waals surface area contributed by atoms with E-state index in [4.69, 9.17) is 4.74 Å². The maximum absolute atomic E-state index is 12.5. The maximum Gasteiger partial charge on any atom is 0.257 e. The van der Waals surface area contributed by atoms with E-state index in [9.17, 15) is 13.2 Å². The monoisotopic (exact) mass is 472 g/mol. The second kappa shape index (κ2) is 10.3. The first-order valence-electron chi connectivity index (χ1n) is 10.2. The summed E-state index contributed by atoms with van der Waals surface area (Å²) in [5.41, 5.74) is 2.11. The molecule has 4 rings (SSSR count). The summed E-state index contributed by atoms with van der Waals surface area (Å²) in [5, 5.41) is 5.12. The van der Waals surface area contributed by atoms with Crippen LogP contribution in [-0.2, 0) is 14.8 Å². The lowest BCUT2D eigenvalue weighted by Gasteiger charge is -2.26. The van der Waals surface area contributed by atoms with Gasteiger partial charge in [0.25, 0.3) is 5.91 Å². The zero-order valence-corrected chi connectivity index (χ0v) is 19.0. The van der Waals surface area contributed by atoms with Crippen LogP contribution in [0.1, 0.15) is 10.4 Å². The van der Waals surface area contributed by atoms with Gasteiger partial charge in [0.05, 0.1) is 23.8 Å². The van der Waals surface area contributed by atoms with Crippen LogP contribution in [-0.4, -0.2) is 63.6 Å². The summed E-state index contributed by atoms with van der Waals surface area (Å²) >= 11 is 1.33. The highest BCUT2D eigenvalue weighted by molar-refractivity contribution is 7.89. The van der Waals surface area contributed by atoms with Gasteiger partial charge in [-0.1, -0.05) is 30.3 Å². The van der Waals surface area contributed by atoms with Crippen LogP contribution in [0.25, 0.3) is 11.3 Å². The van der Waals surface area contributed by atoms with Crippen molar-refractivity contribution in [2.24, 2.45) is 0 Å². The highest BCUT2D eigenvalue weighted by Crippen LogP contribution is 2.25. The van der Waals surface area contributed by atoms with Gasteiger partial charge < -0.3 is 4.74 Å². The largest absolute Gasteiger partial charge is 0.379 e. The van der Waals surface area contributed by atoms with Gasteiger partial charge in [0, 0.05) is 42.7 Å². The topological polar surface area (TPSA) is 101 Å². The summed E-state index contributed by atoms with van der Waals surface area (Å²) in [4.78, 5) is 19.3. The third-order valence-corrected chi connectivity index (χ3v) is 7.28. The summed E-state index contributed by atoms with van der Waals surface area (Å²) < 4.78 is 32.9. The minimum atomic E-state index is -3.64. The van der Waals surface area contributed by atoms with E-state index in [0.29, 0.717) is 37.0 Å². The molecule has 0 aliphatic carbocycles. The average molecular weight is 473 g/mol. The van der Waals surface area contributed by atoms with E-state index in [1.54, 1.807) is 0 Å². The number of rotatable bonds is 8. The van der Waals surface area contributed by atoms with Gasteiger partial charge in [-0.15, -0.1) is 11.3 Å². The highest BCUT2D eigenvalue weighted by Gasteiger charge is 2.17. The quantitative estimate of drug-likeness (QED) is 0.523. The number of nitrogens with zero attached hydrogens (tertiary/aromatic N) is 2. The normalized spacial score (nSPS) is 14.9. The number of carbonyl (C=O) groups is 1. The van der Waals surface area contributed by atoms with E-state index >= 15 is 0 Å². The first-order chi connectivity index (χ1) is 15.5. The number of thiazole rings is 1. The van der Waals surface area contributed by atoms with Crippen molar-refractivity contribution < 1.29 is 17.9 Å². The van der Waals surface area contributed by atoms with Crippen molar-refractivity contribution in [2.45, 2.75) is 4.90 Å². The first-order valence-corrected chi connectivity index (χ1v) is 12.6. The average Bonchev–Trinajstić information content (AvgIpc) is 3.29. The number of hydrogen-bond donors (Lipinski definition) is 2. The summed E-state index contributed by atoms with van der Waals surface area (Å²) in [6.45, 7) is 3.89. The van der Waals surface area contributed by atoms with Gasteiger partial charge in [0.1, 0.15) is 0 Å². The smallest absolute Gasteiger partial charge is 0.257 e. The van der Waals surface area contributed by atoms with Gasteiger partial charge in [-0.05, 0) is 24.3 Å². The molecule has 10 heteroatoms. The molecule has 0 spiro atoms. The Balaban J connectivity index is 1.33. The molecule has 3 aromatic rings. The number of nitrogens with one attached hydrogen (secondary N) is 2. The molecule has 1 aromatic heterocycles. The number of carbonyl (C=O) groups excluding carboxylic acids is 1. The summed E-state index contributed by atoms with van der Waals surface area (Å²) in [6.07, 6.45) is 0. The number of morpholine rings is 1. The zero-order valence-electron chi connectivity index (χ0n) is 17.4. The molecule has 2 N–H and O–H groups in total. The lowest BCUT2D eigenvalue weighted by molar-refractivity contribution is 0.0390. The first kappa shape index (κ1) is 22.6. The van der Waals surface area contributed by atoms with Gasteiger partial charge in [-0.2, -0.15) is 0 Å². The van der Waals surface area contributed by atoms with Gasteiger partial charge in [-0.25, -0.2) is 18.1 Å².